The Kier molecular flexibility index (Phi) is 5.33. The van der Waals surface area contributed by atoms with Gasteiger partial charge in [0, 0.05) is 31.8 Å². The molecule has 2 fully saturated rings. The second-order valence-corrected chi connectivity index (χ2v) is 9.97. The van der Waals surface area contributed by atoms with Crippen molar-refractivity contribution in [2.75, 3.05) is 16.8 Å². The Hall–Kier alpha value is -3.11. The van der Waals surface area contributed by atoms with E-state index < -0.39 is 17.3 Å². The normalized spacial score (nSPS) is 26.1. The van der Waals surface area contributed by atoms with Crippen molar-refractivity contribution in [1.82, 2.24) is 19.6 Å². The third-order valence-electron chi connectivity index (χ3n) is 7.33. The zero-order chi connectivity index (χ0) is 24.4. The molecule has 9 nitrogen and oxygen atoms in total. The lowest BCUT2D eigenvalue weighted by atomic mass is 9.89. The number of nitrogens with one attached hydrogen (secondary N) is 1. The number of anilines is 3. The summed E-state index contributed by atoms with van der Waals surface area (Å²) < 4.78 is 16.6. The van der Waals surface area contributed by atoms with Crippen LogP contribution >= 0.6 is 11.6 Å². The highest BCUT2D eigenvalue weighted by Crippen LogP contribution is 2.57. The van der Waals surface area contributed by atoms with Crippen LogP contribution in [0, 0.1) is 17.7 Å². The van der Waals surface area contributed by atoms with Gasteiger partial charge in [0.15, 0.2) is 0 Å². The molecule has 6 N–H and O–H groups in total. The molecule has 180 valence electrons. The first-order valence-corrected chi connectivity index (χ1v) is 11.5. The van der Waals surface area contributed by atoms with Crippen LogP contribution in [0.25, 0.3) is 0 Å². The van der Waals surface area contributed by atoms with E-state index in [1.54, 1.807) is 24.8 Å². The topological polar surface area (TPSA) is 137 Å². The third kappa shape index (κ3) is 3.70. The van der Waals surface area contributed by atoms with Gasteiger partial charge in [-0.3, -0.25) is 14.2 Å². The van der Waals surface area contributed by atoms with Gasteiger partial charge >= 0.3 is 0 Å². The Balaban J connectivity index is 1.36. The first kappa shape index (κ1) is 22.7. The van der Waals surface area contributed by atoms with E-state index in [9.17, 15) is 14.3 Å². The number of halogens is 2. The molecule has 0 saturated heterocycles. The molecular formula is C23H27ClFN7O2. The number of rotatable bonds is 4. The zero-order valence-electron chi connectivity index (χ0n) is 18.9. The standard InChI is InChI=1S/C23H27ClFN7O2/c1-31-17(8-18(26)29-31)23(34)9-12-5-11(6-13(12)10-23)20-19(21(27)32(2)30-20)22(33)28-14-3-4-16(25)15(24)7-14/h3-4,7-8,11-13,34H,5-6,9-10,27H2,1-2H3,(H2,26,29)(H,28,33). The molecule has 0 radical (unpaired) electrons. The van der Waals surface area contributed by atoms with Crippen LogP contribution in [0.3, 0.4) is 0 Å². The van der Waals surface area contributed by atoms with Crippen molar-refractivity contribution in [2.24, 2.45) is 25.9 Å². The lowest BCUT2D eigenvalue weighted by Crippen LogP contribution is -2.26. The summed E-state index contributed by atoms with van der Waals surface area (Å²) in [4.78, 5) is 13.2. The van der Waals surface area contributed by atoms with Gasteiger partial charge in [-0.05, 0) is 55.7 Å². The highest BCUT2D eigenvalue weighted by atomic mass is 35.5. The molecular weight excluding hydrogens is 461 g/mol. The largest absolute Gasteiger partial charge is 0.384 e. The Morgan fingerprint density at radius 2 is 1.85 bits per heavy atom. The number of nitrogens with zero attached hydrogens (tertiary/aromatic N) is 4. The summed E-state index contributed by atoms with van der Waals surface area (Å²) in [7, 11) is 3.49. The maximum atomic E-state index is 13.5. The molecule has 34 heavy (non-hydrogen) atoms. The Bertz CT molecular complexity index is 1270. The van der Waals surface area contributed by atoms with Crippen molar-refractivity contribution in [1.29, 1.82) is 0 Å². The van der Waals surface area contributed by atoms with Crippen molar-refractivity contribution >= 4 is 34.8 Å². The molecule has 11 heteroatoms. The van der Waals surface area contributed by atoms with E-state index >= 15 is 0 Å². The summed E-state index contributed by atoms with van der Waals surface area (Å²) >= 11 is 5.85. The lowest BCUT2D eigenvalue weighted by molar-refractivity contribution is 0.0263. The van der Waals surface area contributed by atoms with Crippen LogP contribution in [-0.2, 0) is 19.7 Å². The van der Waals surface area contributed by atoms with Crippen LogP contribution in [-0.4, -0.2) is 30.6 Å². The van der Waals surface area contributed by atoms with Gasteiger partial charge in [0.1, 0.15) is 28.6 Å². The highest BCUT2D eigenvalue weighted by Gasteiger charge is 2.51. The van der Waals surface area contributed by atoms with Crippen molar-refractivity contribution in [3.8, 4) is 0 Å². The minimum Gasteiger partial charge on any atom is -0.384 e. The number of hydrogen-bond donors (Lipinski definition) is 4. The van der Waals surface area contributed by atoms with Crippen LogP contribution in [0.15, 0.2) is 24.3 Å². The summed E-state index contributed by atoms with van der Waals surface area (Å²) in [6, 6.07) is 5.73. The third-order valence-corrected chi connectivity index (χ3v) is 7.62. The highest BCUT2D eigenvalue weighted by molar-refractivity contribution is 6.31. The number of benzene rings is 1. The van der Waals surface area contributed by atoms with Crippen LogP contribution in [0.2, 0.25) is 5.02 Å². The monoisotopic (exact) mass is 487 g/mol. The number of nitrogen functional groups attached to an aromatic ring is 2. The number of hydrogen-bond acceptors (Lipinski definition) is 6. The molecule has 0 bridgehead atoms. The second kappa shape index (κ2) is 7.99. The Morgan fingerprint density at radius 3 is 2.44 bits per heavy atom. The van der Waals surface area contributed by atoms with E-state index in [1.165, 1.54) is 22.9 Å². The summed E-state index contributed by atoms with van der Waals surface area (Å²) in [5.74, 6) is 0.275. The second-order valence-electron chi connectivity index (χ2n) is 9.56. The average molecular weight is 488 g/mol. The number of aliphatic hydroxyl groups is 1. The van der Waals surface area contributed by atoms with E-state index in [-0.39, 0.29) is 28.6 Å². The van der Waals surface area contributed by atoms with E-state index in [0.717, 1.165) is 18.5 Å². The van der Waals surface area contributed by atoms with Crippen molar-refractivity contribution in [2.45, 2.75) is 37.2 Å². The maximum absolute atomic E-state index is 13.5. The zero-order valence-corrected chi connectivity index (χ0v) is 19.7. The number of fused-ring (bicyclic) bond motifs is 1. The molecule has 1 amide bonds. The number of aryl methyl sites for hydroxylation is 2. The summed E-state index contributed by atoms with van der Waals surface area (Å²) in [6.45, 7) is 0. The minimum atomic E-state index is -0.967. The van der Waals surface area contributed by atoms with Gasteiger partial charge in [-0.1, -0.05) is 11.6 Å². The van der Waals surface area contributed by atoms with E-state index in [1.807, 2.05) is 0 Å². The number of carbonyl (C=O) groups excluding carboxylic acids is 1. The summed E-state index contributed by atoms with van der Waals surface area (Å²) in [6.07, 6.45) is 2.79. The van der Waals surface area contributed by atoms with Gasteiger partial charge in [0.05, 0.1) is 16.4 Å². The average Bonchev–Trinajstić information content (AvgIpc) is 3.47. The number of nitrogens with two attached hydrogens (primary N) is 2. The van der Waals surface area contributed by atoms with E-state index in [4.69, 9.17) is 23.1 Å². The van der Waals surface area contributed by atoms with E-state index in [2.05, 4.69) is 15.5 Å². The maximum Gasteiger partial charge on any atom is 0.261 e. The van der Waals surface area contributed by atoms with Gasteiger partial charge in [0.25, 0.3) is 5.91 Å². The number of carbonyl (C=O) groups is 1. The van der Waals surface area contributed by atoms with Gasteiger partial charge in [-0.15, -0.1) is 0 Å². The van der Waals surface area contributed by atoms with Gasteiger partial charge < -0.3 is 21.9 Å². The van der Waals surface area contributed by atoms with Crippen LogP contribution in [0.1, 0.15) is 53.3 Å². The molecule has 0 spiro atoms. The van der Waals surface area contributed by atoms with Gasteiger partial charge in [0.2, 0.25) is 0 Å². The van der Waals surface area contributed by atoms with Crippen molar-refractivity contribution in [3.63, 3.8) is 0 Å². The number of amides is 1. The predicted molar refractivity (Wildman–Crippen MR) is 127 cm³/mol. The Morgan fingerprint density at radius 1 is 1.18 bits per heavy atom. The van der Waals surface area contributed by atoms with Crippen molar-refractivity contribution < 1.29 is 14.3 Å². The molecule has 0 aliphatic heterocycles. The smallest absolute Gasteiger partial charge is 0.261 e. The van der Waals surface area contributed by atoms with Crippen LogP contribution < -0.4 is 16.8 Å². The minimum absolute atomic E-state index is 0.0391. The molecule has 2 atom stereocenters. The fourth-order valence-electron chi connectivity index (χ4n) is 5.86. The van der Waals surface area contributed by atoms with Crippen LogP contribution in [0.5, 0.6) is 0 Å². The van der Waals surface area contributed by atoms with Gasteiger partial charge in [-0.25, -0.2) is 4.39 Å². The SMILES string of the molecule is Cn1nc(N)cc1C1(O)CC2CC(c3nn(C)c(N)c3C(=O)Nc3ccc(F)c(Cl)c3)CC2C1. The quantitative estimate of drug-likeness (QED) is 0.446. The molecule has 2 aromatic heterocycles. The molecule has 2 unspecified atom stereocenters. The fraction of sp³-hybridized carbons (Fsp3) is 0.435. The molecule has 3 aromatic rings. The Labute approximate surface area is 200 Å². The van der Waals surface area contributed by atoms with E-state index in [0.29, 0.717) is 35.6 Å². The molecule has 1 aromatic carbocycles. The first-order valence-electron chi connectivity index (χ1n) is 11.2. The fourth-order valence-corrected chi connectivity index (χ4v) is 6.05. The predicted octanol–water partition coefficient (Wildman–Crippen LogP) is 3.15. The van der Waals surface area contributed by atoms with Gasteiger partial charge in [-0.2, -0.15) is 10.2 Å². The van der Waals surface area contributed by atoms with Crippen molar-refractivity contribution in [3.05, 3.63) is 52.1 Å². The summed E-state index contributed by atoms with van der Waals surface area (Å²) in [5, 5.41) is 22.8. The summed E-state index contributed by atoms with van der Waals surface area (Å²) in [5.41, 5.74) is 13.2. The molecule has 2 saturated carbocycles. The molecule has 5 rings (SSSR count). The van der Waals surface area contributed by atoms with Crippen LogP contribution in [0.4, 0.5) is 21.7 Å². The lowest BCUT2D eigenvalue weighted by Gasteiger charge is -2.24. The molecule has 2 aliphatic carbocycles. The first-order chi connectivity index (χ1) is 16.1. The number of aromatic nitrogens is 4. The molecule has 2 aliphatic rings. The molecule has 2 heterocycles.